The topological polar surface area (TPSA) is 55.1 Å². The molecule has 0 saturated carbocycles. The van der Waals surface area contributed by atoms with Gasteiger partial charge in [-0.3, -0.25) is 4.79 Å². The second kappa shape index (κ2) is 5.82. The molecule has 0 unspecified atom stereocenters. The number of hydrogen-bond donors (Lipinski definition) is 2. The second-order valence-corrected chi connectivity index (χ2v) is 4.98. The lowest BCUT2D eigenvalue weighted by molar-refractivity contribution is -0.122. The van der Waals surface area contributed by atoms with Crippen LogP contribution in [-0.4, -0.2) is 18.5 Å². The smallest absolute Gasteiger partial charge is 0.236 e. The summed E-state index contributed by atoms with van der Waals surface area (Å²) in [6.45, 7) is 6.73. The molecule has 1 rings (SSSR count). The molecule has 3 N–H and O–H groups in total. The van der Waals surface area contributed by atoms with E-state index in [0.717, 1.165) is 0 Å². The first kappa shape index (κ1) is 13.7. The van der Waals surface area contributed by atoms with Crippen LogP contribution in [0.5, 0.6) is 0 Å². The summed E-state index contributed by atoms with van der Waals surface area (Å²) in [5, 5.41) is 2.91. The SMILES string of the molecule is CC[C@H](N)C(=O)NCC(C)(C)c1ccccc1. The quantitative estimate of drug-likeness (QED) is 0.816. The molecule has 0 fully saturated rings. The van der Waals surface area contributed by atoms with Crippen molar-refractivity contribution in [2.45, 2.75) is 38.6 Å². The highest BCUT2D eigenvalue weighted by atomic mass is 16.2. The third-order valence-corrected chi connectivity index (χ3v) is 3.04. The fourth-order valence-electron chi connectivity index (χ4n) is 1.62. The molecule has 3 heteroatoms. The second-order valence-electron chi connectivity index (χ2n) is 4.98. The van der Waals surface area contributed by atoms with Gasteiger partial charge in [0.1, 0.15) is 0 Å². The molecule has 1 aromatic carbocycles. The summed E-state index contributed by atoms with van der Waals surface area (Å²) in [5.74, 6) is -0.0727. The molecule has 1 amide bonds. The van der Waals surface area contributed by atoms with E-state index >= 15 is 0 Å². The van der Waals surface area contributed by atoms with Gasteiger partial charge < -0.3 is 11.1 Å². The van der Waals surface area contributed by atoms with Gasteiger partial charge in [-0.15, -0.1) is 0 Å². The van der Waals surface area contributed by atoms with Gasteiger partial charge in [-0.25, -0.2) is 0 Å². The van der Waals surface area contributed by atoms with Crippen LogP contribution in [0, 0.1) is 0 Å². The molecule has 0 radical (unpaired) electrons. The molecule has 17 heavy (non-hydrogen) atoms. The van der Waals surface area contributed by atoms with Gasteiger partial charge in [0.25, 0.3) is 0 Å². The first-order valence-corrected chi connectivity index (χ1v) is 6.06. The Morgan fingerprint density at radius 2 is 1.94 bits per heavy atom. The fourth-order valence-corrected chi connectivity index (χ4v) is 1.62. The predicted molar refractivity (Wildman–Crippen MR) is 70.7 cm³/mol. The average Bonchev–Trinajstić information content (AvgIpc) is 2.36. The van der Waals surface area contributed by atoms with Crippen molar-refractivity contribution in [3.8, 4) is 0 Å². The van der Waals surface area contributed by atoms with Crippen molar-refractivity contribution < 1.29 is 4.79 Å². The minimum absolute atomic E-state index is 0.0727. The Balaban J connectivity index is 2.59. The van der Waals surface area contributed by atoms with E-state index in [0.29, 0.717) is 13.0 Å². The highest BCUT2D eigenvalue weighted by Crippen LogP contribution is 2.21. The Kier molecular flexibility index (Phi) is 4.70. The highest BCUT2D eigenvalue weighted by molar-refractivity contribution is 5.81. The van der Waals surface area contributed by atoms with Gasteiger partial charge >= 0.3 is 0 Å². The molecule has 0 bridgehead atoms. The zero-order valence-electron chi connectivity index (χ0n) is 10.9. The first-order valence-electron chi connectivity index (χ1n) is 6.06. The van der Waals surface area contributed by atoms with Crippen molar-refractivity contribution >= 4 is 5.91 Å². The molecular weight excluding hydrogens is 212 g/mol. The van der Waals surface area contributed by atoms with Crippen LogP contribution >= 0.6 is 0 Å². The molecule has 94 valence electrons. The van der Waals surface area contributed by atoms with Gasteiger partial charge in [0.15, 0.2) is 0 Å². The summed E-state index contributed by atoms with van der Waals surface area (Å²) < 4.78 is 0. The largest absolute Gasteiger partial charge is 0.354 e. The number of benzene rings is 1. The number of amides is 1. The Morgan fingerprint density at radius 3 is 2.47 bits per heavy atom. The normalized spacial score (nSPS) is 13.2. The summed E-state index contributed by atoms with van der Waals surface area (Å²) in [6.07, 6.45) is 0.664. The molecule has 0 heterocycles. The van der Waals surface area contributed by atoms with Crippen molar-refractivity contribution in [2.24, 2.45) is 5.73 Å². The number of nitrogens with two attached hydrogens (primary N) is 1. The third kappa shape index (κ3) is 3.86. The maximum Gasteiger partial charge on any atom is 0.236 e. The number of carbonyl (C=O) groups excluding carboxylic acids is 1. The van der Waals surface area contributed by atoms with Crippen LogP contribution in [0.1, 0.15) is 32.8 Å². The van der Waals surface area contributed by atoms with Gasteiger partial charge in [0.2, 0.25) is 5.91 Å². The summed E-state index contributed by atoms with van der Waals surface area (Å²) in [7, 11) is 0. The van der Waals surface area contributed by atoms with Crippen LogP contribution < -0.4 is 11.1 Å². The molecule has 0 aromatic heterocycles. The molecule has 3 nitrogen and oxygen atoms in total. The van der Waals surface area contributed by atoms with Crippen LogP contribution in [0.25, 0.3) is 0 Å². The summed E-state index contributed by atoms with van der Waals surface area (Å²) >= 11 is 0. The predicted octanol–water partition coefficient (Wildman–Crippen LogP) is 1.82. The summed E-state index contributed by atoms with van der Waals surface area (Å²) in [4.78, 5) is 11.6. The van der Waals surface area contributed by atoms with Crippen LogP contribution in [0.2, 0.25) is 0 Å². The van der Waals surface area contributed by atoms with E-state index in [1.807, 2.05) is 25.1 Å². The Hall–Kier alpha value is -1.35. The number of carbonyl (C=O) groups is 1. The van der Waals surface area contributed by atoms with Crippen molar-refractivity contribution in [1.29, 1.82) is 0 Å². The van der Waals surface area contributed by atoms with E-state index in [-0.39, 0.29) is 11.3 Å². The van der Waals surface area contributed by atoms with Crippen LogP contribution in [0.15, 0.2) is 30.3 Å². The van der Waals surface area contributed by atoms with Gasteiger partial charge in [-0.05, 0) is 12.0 Å². The first-order chi connectivity index (χ1) is 7.97. The molecule has 0 aliphatic carbocycles. The van der Waals surface area contributed by atoms with E-state index < -0.39 is 6.04 Å². The molecule has 0 aliphatic rings. The van der Waals surface area contributed by atoms with Crippen molar-refractivity contribution in [2.75, 3.05) is 6.54 Å². The zero-order chi connectivity index (χ0) is 12.9. The maximum absolute atomic E-state index is 11.6. The lowest BCUT2D eigenvalue weighted by atomic mass is 9.84. The monoisotopic (exact) mass is 234 g/mol. The van der Waals surface area contributed by atoms with Gasteiger partial charge in [0, 0.05) is 12.0 Å². The van der Waals surface area contributed by atoms with Crippen molar-refractivity contribution in [3.05, 3.63) is 35.9 Å². The van der Waals surface area contributed by atoms with Crippen molar-refractivity contribution in [1.82, 2.24) is 5.32 Å². The van der Waals surface area contributed by atoms with Crippen LogP contribution in [0.3, 0.4) is 0 Å². The minimum Gasteiger partial charge on any atom is -0.354 e. The lowest BCUT2D eigenvalue weighted by Gasteiger charge is -2.26. The van der Waals surface area contributed by atoms with Crippen LogP contribution in [-0.2, 0) is 10.2 Å². The van der Waals surface area contributed by atoms with E-state index in [1.165, 1.54) is 5.56 Å². The highest BCUT2D eigenvalue weighted by Gasteiger charge is 2.22. The summed E-state index contributed by atoms with van der Waals surface area (Å²) in [6, 6.07) is 9.76. The Bertz CT molecular complexity index is 360. The summed E-state index contributed by atoms with van der Waals surface area (Å²) in [5.41, 5.74) is 6.81. The minimum atomic E-state index is -0.401. The Morgan fingerprint density at radius 1 is 1.35 bits per heavy atom. The third-order valence-electron chi connectivity index (χ3n) is 3.04. The number of rotatable bonds is 5. The number of nitrogens with one attached hydrogen (secondary N) is 1. The van der Waals surface area contributed by atoms with E-state index in [9.17, 15) is 4.79 Å². The molecule has 1 atom stereocenters. The average molecular weight is 234 g/mol. The Labute approximate surface area is 103 Å². The molecule has 1 aromatic rings. The molecule has 0 spiro atoms. The van der Waals surface area contributed by atoms with E-state index in [2.05, 4.69) is 31.3 Å². The maximum atomic E-state index is 11.6. The number of hydrogen-bond acceptors (Lipinski definition) is 2. The zero-order valence-corrected chi connectivity index (χ0v) is 10.9. The van der Waals surface area contributed by atoms with Gasteiger partial charge in [-0.2, -0.15) is 0 Å². The van der Waals surface area contributed by atoms with E-state index in [1.54, 1.807) is 0 Å². The molecule has 0 saturated heterocycles. The van der Waals surface area contributed by atoms with Crippen molar-refractivity contribution in [3.63, 3.8) is 0 Å². The van der Waals surface area contributed by atoms with Gasteiger partial charge in [-0.1, -0.05) is 51.1 Å². The molecular formula is C14H22N2O. The fraction of sp³-hybridized carbons (Fsp3) is 0.500. The lowest BCUT2D eigenvalue weighted by Crippen LogP contribution is -2.44. The van der Waals surface area contributed by atoms with Crippen LogP contribution in [0.4, 0.5) is 0 Å². The molecule has 0 aliphatic heterocycles. The van der Waals surface area contributed by atoms with Gasteiger partial charge in [0.05, 0.1) is 6.04 Å². The standard InChI is InChI=1S/C14H22N2O/c1-4-12(15)13(17)16-10-14(2,3)11-8-6-5-7-9-11/h5-9,12H,4,10,15H2,1-3H3,(H,16,17)/t12-/m0/s1. The van der Waals surface area contributed by atoms with E-state index in [4.69, 9.17) is 5.73 Å².